The number of aryl methyl sites for hydroxylation is 1. The van der Waals surface area contributed by atoms with E-state index >= 15 is 0 Å². The van der Waals surface area contributed by atoms with Gasteiger partial charge in [0.15, 0.2) is 0 Å². The Balaban J connectivity index is 1.77. The molecule has 1 saturated heterocycles. The lowest BCUT2D eigenvalue weighted by molar-refractivity contribution is -0.147. The highest BCUT2D eigenvalue weighted by atomic mass is 16.5. The Hall–Kier alpha value is -1.36. The molecule has 1 aromatic rings. The van der Waals surface area contributed by atoms with E-state index < -0.39 is 0 Å². The number of fused-ring (bicyclic) bond motifs is 1. The second kappa shape index (κ2) is 4.96. The van der Waals surface area contributed by atoms with Gasteiger partial charge in [-0.1, -0.05) is 6.42 Å². The van der Waals surface area contributed by atoms with Gasteiger partial charge >= 0.3 is 5.97 Å². The third kappa shape index (κ3) is 2.27. The number of carbonyl (C=O) groups excluding carboxylic acids is 1. The van der Waals surface area contributed by atoms with Crippen LogP contribution < -0.4 is 0 Å². The second-order valence-electron chi connectivity index (χ2n) is 5.62. The Morgan fingerprint density at radius 2 is 2.42 bits per heavy atom. The van der Waals surface area contributed by atoms with E-state index in [0.717, 1.165) is 18.7 Å². The van der Waals surface area contributed by atoms with Gasteiger partial charge in [-0.3, -0.25) is 9.69 Å². The molecule has 0 bridgehead atoms. The number of aromatic nitrogens is 1. The zero-order valence-corrected chi connectivity index (χ0v) is 11.5. The third-order valence-electron chi connectivity index (χ3n) is 4.44. The molecular weight excluding hydrogens is 244 g/mol. The van der Waals surface area contributed by atoms with E-state index in [1.165, 1.54) is 20.0 Å². The van der Waals surface area contributed by atoms with Crippen LogP contribution in [0.5, 0.6) is 0 Å². The number of ether oxygens (including phenoxy) is 1. The highest BCUT2D eigenvalue weighted by Crippen LogP contribution is 2.42. The van der Waals surface area contributed by atoms with Gasteiger partial charge in [0.2, 0.25) is 5.89 Å². The number of hydrogen-bond donors (Lipinski definition) is 0. The number of rotatable bonds is 3. The fraction of sp³-hybridized carbons (Fsp3) is 0.714. The van der Waals surface area contributed by atoms with Crippen LogP contribution in [0, 0.1) is 18.8 Å². The van der Waals surface area contributed by atoms with Crippen LogP contribution in [-0.4, -0.2) is 35.5 Å². The van der Waals surface area contributed by atoms with Gasteiger partial charge in [-0.2, -0.15) is 0 Å². The summed E-state index contributed by atoms with van der Waals surface area (Å²) in [6, 6.07) is -0.121. The van der Waals surface area contributed by atoms with Crippen LogP contribution in [0.1, 0.15) is 30.9 Å². The number of carbonyl (C=O) groups is 1. The van der Waals surface area contributed by atoms with Gasteiger partial charge in [-0.05, 0) is 31.6 Å². The molecular formula is C14H20N2O3. The van der Waals surface area contributed by atoms with E-state index in [4.69, 9.17) is 9.15 Å². The van der Waals surface area contributed by atoms with Crippen molar-refractivity contribution in [2.75, 3.05) is 13.7 Å². The zero-order chi connectivity index (χ0) is 13.4. The quantitative estimate of drug-likeness (QED) is 0.779. The fourth-order valence-electron chi connectivity index (χ4n) is 3.65. The summed E-state index contributed by atoms with van der Waals surface area (Å²) in [5.74, 6) is 2.46. The first-order chi connectivity index (χ1) is 9.19. The monoisotopic (exact) mass is 264 g/mol. The minimum Gasteiger partial charge on any atom is -0.468 e. The van der Waals surface area contributed by atoms with Crippen LogP contribution in [0.15, 0.2) is 10.6 Å². The molecule has 5 heteroatoms. The lowest BCUT2D eigenvalue weighted by atomic mass is 9.94. The van der Waals surface area contributed by atoms with Crippen molar-refractivity contribution < 1.29 is 13.9 Å². The van der Waals surface area contributed by atoms with Gasteiger partial charge in [-0.15, -0.1) is 0 Å². The van der Waals surface area contributed by atoms with E-state index in [1.54, 1.807) is 6.20 Å². The van der Waals surface area contributed by atoms with Gasteiger partial charge in [0.25, 0.3) is 0 Å². The molecule has 0 spiro atoms. The number of esters is 1. The first-order valence-corrected chi connectivity index (χ1v) is 6.92. The number of methoxy groups -OCH3 is 1. The average Bonchev–Trinajstić information content (AvgIpc) is 3.05. The molecule has 0 amide bonds. The van der Waals surface area contributed by atoms with Gasteiger partial charge < -0.3 is 9.15 Å². The van der Waals surface area contributed by atoms with Crippen LogP contribution in [0.4, 0.5) is 0 Å². The maximum Gasteiger partial charge on any atom is 0.323 e. The molecule has 19 heavy (non-hydrogen) atoms. The molecule has 104 valence electrons. The van der Waals surface area contributed by atoms with Gasteiger partial charge in [0, 0.05) is 6.54 Å². The zero-order valence-electron chi connectivity index (χ0n) is 11.5. The number of oxazole rings is 1. The predicted octanol–water partition coefficient (Wildman–Crippen LogP) is 1.76. The van der Waals surface area contributed by atoms with Crippen molar-refractivity contribution in [1.82, 2.24) is 9.88 Å². The molecule has 2 fully saturated rings. The van der Waals surface area contributed by atoms with Crippen molar-refractivity contribution in [2.24, 2.45) is 11.8 Å². The Morgan fingerprint density at radius 3 is 3.11 bits per heavy atom. The minimum atomic E-state index is -0.121. The summed E-state index contributed by atoms with van der Waals surface area (Å²) in [7, 11) is 1.47. The lowest BCUT2D eigenvalue weighted by Gasteiger charge is -2.24. The SMILES string of the molecule is COC(=O)[C@@H]1[C@H]2CCC[C@H]2CN1Cc1ncc(C)o1. The first kappa shape index (κ1) is 12.7. The average molecular weight is 264 g/mol. The van der Waals surface area contributed by atoms with Crippen LogP contribution in [-0.2, 0) is 16.1 Å². The smallest absolute Gasteiger partial charge is 0.323 e. The molecule has 2 heterocycles. The molecule has 3 atom stereocenters. The topological polar surface area (TPSA) is 55.6 Å². The first-order valence-electron chi connectivity index (χ1n) is 6.92. The summed E-state index contributed by atoms with van der Waals surface area (Å²) < 4.78 is 10.5. The van der Waals surface area contributed by atoms with Crippen molar-refractivity contribution in [3.05, 3.63) is 17.8 Å². The van der Waals surface area contributed by atoms with E-state index in [1.807, 2.05) is 6.92 Å². The summed E-state index contributed by atoms with van der Waals surface area (Å²) in [6.45, 7) is 3.43. The minimum absolute atomic E-state index is 0.113. The van der Waals surface area contributed by atoms with Gasteiger partial charge in [0.05, 0.1) is 19.9 Å². The molecule has 0 aromatic carbocycles. The van der Waals surface area contributed by atoms with Gasteiger partial charge in [0.1, 0.15) is 11.8 Å². The normalized spacial score (nSPS) is 30.5. The summed E-state index contributed by atoms with van der Waals surface area (Å²) >= 11 is 0. The van der Waals surface area contributed by atoms with E-state index in [-0.39, 0.29) is 12.0 Å². The van der Waals surface area contributed by atoms with E-state index in [0.29, 0.717) is 24.3 Å². The Morgan fingerprint density at radius 1 is 1.58 bits per heavy atom. The summed E-state index contributed by atoms with van der Waals surface area (Å²) in [5.41, 5.74) is 0. The molecule has 3 rings (SSSR count). The molecule has 1 aliphatic carbocycles. The van der Waals surface area contributed by atoms with Crippen molar-refractivity contribution in [2.45, 2.75) is 38.8 Å². The maximum atomic E-state index is 12.0. The van der Waals surface area contributed by atoms with Crippen LogP contribution in [0.3, 0.4) is 0 Å². The van der Waals surface area contributed by atoms with Crippen molar-refractivity contribution in [3.8, 4) is 0 Å². The molecule has 1 aromatic heterocycles. The fourth-order valence-corrected chi connectivity index (χ4v) is 3.65. The standard InChI is InChI=1S/C14H20N2O3/c1-9-6-15-12(19-9)8-16-7-10-4-3-5-11(10)13(16)14(17)18-2/h6,10-11,13H,3-5,7-8H2,1-2H3/t10-,11-,13-/m0/s1. The summed E-state index contributed by atoms with van der Waals surface area (Å²) in [4.78, 5) is 18.5. The van der Waals surface area contributed by atoms with Crippen molar-refractivity contribution >= 4 is 5.97 Å². The summed E-state index contributed by atoms with van der Waals surface area (Å²) in [5, 5.41) is 0. The largest absolute Gasteiger partial charge is 0.468 e. The summed E-state index contributed by atoms with van der Waals surface area (Å²) in [6.07, 6.45) is 5.30. The second-order valence-corrected chi connectivity index (χ2v) is 5.62. The molecule has 1 aliphatic heterocycles. The van der Waals surface area contributed by atoms with Gasteiger partial charge in [-0.25, -0.2) is 4.98 Å². The maximum absolute atomic E-state index is 12.0. The lowest BCUT2D eigenvalue weighted by Crippen LogP contribution is -2.40. The molecule has 2 aliphatic rings. The Kier molecular flexibility index (Phi) is 3.31. The number of nitrogens with zero attached hydrogens (tertiary/aromatic N) is 2. The predicted molar refractivity (Wildman–Crippen MR) is 68.3 cm³/mol. The Bertz CT molecular complexity index is 471. The highest BCUT2D eigenvalue weighted by Gasteiger charge is 2.48. The van der Waals surface area contributed by atoms with Crippen LogP contribution in [0.25, 0.3) is 0 Å². The van der Waals surface area contributed by atoms with E-state index in [9.17, 15) is 4.79 Å². The third-order valence-corrected chi connectivity index (χ3v) is 4.44. The molecule has 0 radical (unpaired) electrons. The number of likely N-dealkylation sites (tertiary alicyclic amines) is 1. The van der Waals surface area contributed by atoms with Crippen LogP contribution >= 0.6 is 0 Å². The molecule has 5 nitrogen and oxygen atoms in total. The number of hydrogen-bond acceptors (Lipinski definition) is 5. The highest BCUT2D eigenvalue weighted by molar-refractivity contribution is 5.76. The Labute approximate surface area is 112 Å². The molecule has 0 N–H and O–H groups in total. The van der Waals surface area contributed by atoms with Crippen molar-refractivity contribution in [1.29, 1.82) is 0 Å². The van der Waals surface area contributed by atoms with Crippen molar-refractivity contribution in [3.63, 3.8) is 0 Å². The van der Waals surface area contributed by atoms with Crippen LogP contribution in [0.2, 0.25) is 0 Å². The van der Waals surface area contributed by atoms with E-state index in [2.05, 4.69) is 9.88 Å². The molecule has 0 unspecified atom stereocenters. The molecule has 1 saturated carbocycles.